The van der Waals surface area contributed by atoms with Crippen LogP contribution < -0.4 is 24.3 Å². The molecule has 22 heteroatoms. The molecule has 0 spiro atoms. The summed E-state index contributed by atoms with van der Waals surface area (Å²) in [4.78, 5) is 51.0. The maximum Gasteiger partial charge on any atom is 0.354 e. The predicted octanol–water partition coefficient (Wildman–Crippen LogP) is 7.56. The van der Waals surface area contributed by atoms with Crippen LogP contribution in [0.5, 0.6) is 17.2 Å². The van der Waals surface area contributed by atoms with Crippen LogP contribution in [0.1, 0.15) is 49.3 Å². The molecular formula is C55H53N6O15P. The van der Waals surface area contributed by atoms with Crippen molar-refractivity contribution >= 4 is 36.5 Å². The van der Waals surface area contributed by atoms with Gasteiger partial charge in [0.1, 0.15) is 60.4 Å². The van der Waals surface area contributed by atoms with Gasteiger partial charge in [0.2, 0.25) is 5.69 Å². The van der Waals surface area contributed by atoms with Gasteiger partial charge < -0.3 is 58.0 Å². The second kappa shape index (κ2) is 24.7. The number of imidazole rings is 1. The Balaban J connectivity index is 1.12. The second-order valence-electron chi connectivity index (χ2n) is 17.2. The largest absolute Gasteiger partial charge is 0.618 e. The molecule has 1 aliphatic rings. The average molecular weight is 1070 g/mol. The fourth-order valence-corrected chi connectivity index (χ4v) is 9.41. The van der Waals surface area contributed by atoms with Crippen molar-refractivity contribution in [3.8, 4) is 17.2 Å². The summed E-state index contributed by atoms with van der Waals surface area (Å²) in [6.45, 7) is -1.96. The third kappa shape index (κ3) is 12.4. The molecule has 5 aromatic carbocycles. The highest BCUT2D eigenvalue weighted by Gasteiger charge is 2.53. The zero-order valence-electron chi connectivity index (χ0n) is 41.9. The van der Waals surface area contributed by atoms with Gasteiger partial charge in [-0.3, -0.25) is 18.5 Å². The van der Waals surface area contributed by atoms with Crippen molar-refractivity contribution in [2.45, 2.75) is 36.7 Å². The van der Waals surface area contributed by atoms with Gasteiger partial charge >= 0.3 is 13.6 Å². The molecule has 8 aromatic rings. The number of aromatic nitrogens is 5. The molecule has 1 aliphatic heterocycles. The lowest BCUT2D eigenvalue weighted by molar-refractivity contribution is -0.616. The van der Waals surface area contributed by atoms with Crippen molar-refractivity contribution in [2.75, 3.05) is 53.2 Å². The quantitative estimate of drug-likeness (QED) is 0.0113. The summed E-state index contributed by atoms with van der Waals surface area (Å²) < 4.78 is 76.1. The van der Waals surface area contributed by atoms with Crippen molar-refractivity contribution in [3.63, 3.8) is 0 Å². The molecule has 1 amide bonds. The topological polar surface area (TPSA) is 246 Å². The highest BCUT2D eigenvalue weighted by molar-refractivity contribution is 7.52. The summed E-state index contributed by atoms with van der Waals surface area (Å²) >= 11 is 0. The minimum absolute atomic E-state index is 0.0135. The normalized spacial score (nSPS) is 17.1. The van der Waals surface area contributed by atoms with Crippen molar-refractivity contribution in [1.29, 1.82) is 0 Å². The molecule has 0 saturated carbocycles. The molecule has 5 atom stereocenters. The number of rotatable bonds is 24. The second-order valence-corrected chi connectivity index (χ2v) is 19.0. The Bertz CT molecular complexity index is 3240. The lowest BCUT2D eigenvalue weighted by Gasteiger charge is -2.40. The molecule has 1 saturated heterocycles. The van der Waals surface area contributed by atoms with Crippen LogP contribution in [0.2, 0.25) is 0 Å². The lowest BCUT2D eigenvalue weighted by atomic mass is 9.79. The number of hydrogen-bond donors (Lipinski definition) is 2. The standard InChI is InChI=1S/C55H53N6O15P/c1-67-43-23-19-40(20-24-43)55(39-17-11-6-12-18-39,41-21-25-44(68-2)26-22-41)76-48-46(31-70-36-77(65,66)74-30-42-29-45(69-3)27-28-61(42)64)75-53(49(48)72-34-71-35-73-54(63)38-15-9-5-10-16-38)60-33-58-47-50(56-32-57-51(47)60)59-52(62)37-13-7-4-8-14-37/h4-29,32-33,46,48-49,53H,30-31,34-36H2,1-3H3,(H,65,66)(H,56,57,59,62)/t46-,48-,49-,53-/m1/s1. The van der Waals surface area contributed by atoms with Crippen LogP contribution in [-0.4, -0.2) is 102 Å². The molecule has 3 aromatic heterocycles. The van der Waals surface area contributed by atoms with E-state index in [2.05, 4.69) is 20.3 Å². The van der Waals surface area contributed by atoms with Gasteiger partial charge in [-0.05, 0) is 65.2 Å². The van der Waals surface area contributed by atoms with Crippen LogP contribution in [0.4, 0.5) is 5.82 Å². The Kier molecular flexibility index (Phi) is 17.2. The Labute approximate surface area is 441 Å². The van der Waals surface area contributed by atoms with Crippen LogP contribution in [0.25, 0.3) is 11.2 Å². The number of nitrogens with one attached hydrogen (secondary N) is 1. The van der Waals surface area contributed by atoms with E-state index in [9.17, 15) is 24.3 Å². The van der Waals surface area contributed by atoms with Gasteiger partial charge in [-0.1, -0.05) is 91.0 Å². The van der Waals surface area contributed by atoms with Crippen molar-refractivity contribution in [2.24, 2.45) is 0 Å². The zero-order chi connectivity index (χ0) is 53.8. The molecule has 4 heterocycles. The summed E-state index contributed by atoms with van der Waals surface area (Å²) in [6, 6.07) is 43.9. The number of ether oxygens (including phenoxy) is 9. The SMILES string of the molecule is COc1ccc(C(O[C@H]2[C@@H](OCOCOC(=O)c3ccccc3)[C@H](n3cnc4c(NC(=O)c5ccccc5)ncnc43)O[C@@H]2COCP(=O)(O)OCc2cc(OC)cc[n+]2[O-])(c2ccccc2)c2ccc(OC)cc2)cc1. The van der Waals surface area contributed by atoms with Crippen molar-refractivity contribution in [3.05, 3.63) is 209 Å². The number of carbonyl (C=O) groups is 2. The predicted molar refractivity (Wildman–Crippen MR) is 276 cm³/mol. The van der Waals surface area contributed by atoms with Crippen LogP contribution in [0, 0.1) is 5.21 Å². The highest BCUT2D eigenvalue weighted by Crippen LogP contribution is 2.48. The smallest absolute Gasteiger partial charge is 0.354 e. The van der Waals surface area contributed by atoms with Crippen LogP contribution in [0.3, 0.4) is 0 Å². The first-order valence-corrected chi connectivity index (χ1v) is 25.7. The van der Waals surface area contributed by atoms with E-state index in [0.717, 1.165) is 0 Å². The van der Waals surface area contributed by atoms with Crippen LogP contribution in [0.15, 0.2) is 171 Å². The number of carbonyl (C=O) groups excluding carboxylic acids is 2. The number of methoxy groups -OCH3 is 3. The summed E-state index contributed by atoms with van der Waals surface area (Å²) in [5, 5.41) is 15.4. The third-order valence-corrected chi connectivity index (χ3v) is 13.5. The van der Waals surface area contributed by atoms with E-state index in [1.807, 2.05) is 54.6 Å². The molecule has 0 aliphatic carbocycles. The van der Waals surface area contributed by atoms with Crippen LogP contribution in [-0.2, 0) is 49.7 Å². The Hall–Kier alpha value is -8.11. The van der Waals surface area contributed by atoms with Gasteiger partial charge in [-0.2, -0.15) is 4.73 Å². The number of nitrogens with zero attached hydrogens (tertiary/aromatic N) is 5. The van der Waals surface area contributed by atoms with Gasteiger partial charge in [-0.25, -0.2) is 19.7 Å². The van der Waals surface area contributed by atoms with Gasteiger partial charge in [-0.15, -0.1) is 0 Å². The molecule has 398 valence electrons. The fraction of sp³-hybridized carbons (Fsp3) is 0.236. The van der Waals surface area contributed by atoms with E-state index in [1.165, 1.54) is 38.1 Å². The van der Waals surface area contributed by atoms with E-state index >= 15 is 0 Å². The Morgan fingerprint density at radius 3 is 1.99 bits per heavy atom. The van der Waals surface area contributed by atoms with Crippen LogP contribution >= 0.6 is 7.60 Å². The molecular weight excluding hydrogens is 1020 g/mol. The zero-order valence-corrected chi connectivity index (χ0v) is 42.8. The van der Waals surface area contributed by atoms with Gasteiger partial charge in [0.15, 0.2) is 43.0 Å². The molecule has 0 bridgehead atoms. The molecule has 0 radical (unpaired) electrons. The lowest BCUT2D eigenvalue weighted by Crippen LogP contribution is -2.46. The average Bonchev–Trinajstić information content (AvgIpc) is 4.09. The summed E-state index contributed by atoms with van der Waals surface area (Å²) in [6.07, 6.45) is -1.76. The van der Waals surface area contributed by atoms with E-state index in [0.29, 0.717) is 49.8 Å². The molecule has 77 heavy (non-hydrogen) atoms. The van der Waals surface area contributed by atoms with Gasteiger partial charge in [0.25, 0.3) is 5.91 Å². The third-order valence-electron chi connectivity index (χ3n) is 12.5. The van der Waals surface area contributed by atoms with Gasteiger partial charge in [0.05, 0.1) is 45.9 Å². The highest BCUT2D eigenvalue weighted by atomic mass is 31.2. The van der Waals surface area contributed by atoms with Crippen molar-refractivity contribution < 1.29 is 70.9 Å². The monoisotopic (exact) mass is 1070 g/mol. The molecule has 2 N–H and O–H groups in total. The number of hydrogen-bond acceptors (Lipinski definition) is 17. The minimum Gasteiger partial charge on any atom is -0.618 e. The van der Waals surface area contributed by atoms with Crippen molar-refractivity contribution in [1.82, 2.24) is 19.5 Å². The van der Waals surface area contributed by atoms with Gasteiger partial charge in [0, 0.05) is 11.6 Å². The first-order chi connectivity index (χ1) is 37.5. The fourth-order valence-electron chi connectivity index (χ4n) is 8.66. The van der Waals surface area contributed by atoms with E-state index in [1.54, 1.807) is 104 Å². The van der Waals surface area contributed by atoms with E-state index < -0.39 is 82.8 Å². The number of benzene rings is 5. The first-order valence-electron chi connectivity index (χ1n) is 23.9. The number of anilines is 1. The maximum absolute atomic E-state index is 13.6. The maximum atomic E-state index is 13.6. The Morgan fingerprint density at radius 2 is 1.35 bits per heavy atom. The minimum atomic E-state index is -4.58. The number of amides is 1. The summed E-state index contributed by atoms with van der Waals surface area (Å²) in [5.74, 6) is 0.532. The first kappa shape index (κ1) is 53.7. The number of fused-ring (bicyclic) bond motifs is 1. The number of esters is 1. The summed E-state index contributed by atoms with van der Waals surface area (Å²) in [5.41, 5.74) is 1.55. The van der Waals surface area contributed by atoms with E-state index in [-0.39, 0.29) is 22.7 Å². The summed E-state index contributed by atoms with van der Waals surface area (Å²) in [7, 11) is -0.0349. The Morgan fingerprint density at radius 1 is 0.740 bits per heavy atom. The molecule has 21 nitrogen and oxygen atoms in total. The number of pyridine rings is 1. The van der Waals surface area contributed by atoms with E-state index in [4.69, 9.17) is 47.2 Å². The molecule has 1 fully saturated rings. The molecule has 9 rings (SSSR count). The molecule has 1 unspecified atom stereocenters.